The summed E-state index contributed by atoms with van der Waals surface area (Å²) in [6.07, 6.45) is 0. The number of rotatable bonds is 0. The quantitative estimate of drug-likeness (QED) is 0.709. The van der Waals surface area contributed by atoms with Crippen LogP contribution in [-0.4, -0.2) is 20.0 Å². The first kappa shape index (κ1) is 8.90. The number of benzene rings is 1. The minimum absolute atomic E-state index is 0.145. The first-order valence-corrected chi connectivity index (χ1v) is 6.01. The summed E-state index contributed by atoms with van der Waals surface area (Å²) in [6, 6.07) is 4.73. The van der Waals surface area contributed by atoms with E-state index in [2.05, 4.69) is 15.9 Å². The second-order valence-electron chi connectivity index (χ2n) is 2.80. The van der Waals surface area contributed by atoms with E-state index in [-0.39, 0.29) is 10.7 Å². The molecule has 68 valence electrons. The molecule has 0 aromatic heterocycles. The van der Waals surface area contributed by atoms with Gasteiger partial charge in [0.15, 0.2) is 15.6 Å². The van der Waals surface area contributed by atoms with Crippen LogP contribution in [0.4, 0.5) is 0 Å². The summed E-state index contributed by atoms with van der Waals surface area (Å²) < 4.78 is 23.3. The van der Waals surface area contributed by atoms with Gasteiger partial charge in [-0.15, -0.1) is 0 Å². The Morgan fingerprint density at radius 2 is 2.00 bits per heavy atom. The smallest absolute Gasteiger partial charge is 0.186 e. The van der Waals surface area contributed by atoms with Crippen molar-refractivity contribution in [1.82, 2.24) is 0 Å². The topological polar surface area (TPSA) is 51.2 Å². The lowest BCUT2D eigenvalue weighted by Gasteiger charge is -1.97. The van der Waals surface area contributed by atoms with Crippen molar-refractivity contribution < 1.29 is 13.2 Å². The van der Waals surface area contributed by atoms with Gasteiger partial charge in [0.25, 0.3) is 0 Å². The zero-order valence-electron chi connectivity index (χ0n) is 6.45. The molecule has 5 heteroatoms. The molecule has 13 heavy (non-hydrogen) atoms. The minimum atomic E-state index is -3.36. The molecule has 0 unspecified atom stereocenters. The van der Waals surface area contributed by atoms with Gasteiger partial charge in [-0.1, -0.05) is 22.0 Å². The van der Waals surface area contributed by atoms with Gasteiger partial charge in [0.1, 0.15) is 5.75 Å². The second-order valence-corrected chi connectivity index (χ2v) is 5.61. The highest BCUT2D eigenvalue weighted by molar-refractivity contribution is 9.10. The van der Waals surface area contributed by atoms with Crippen molar-refractivity contribution in [2.45, 2.75) is 4.90 Å². The normalized spacial score (nSPS) is 18.7. The Labute approximate surface area is 83.8 Å². The number of carbonyl (C=O) groups is 1. The standard InChI is InChI=1S/C8H5BrO3S/c9-5-2-1-3-7-8(5)6(10)4-13(7,11)12/h1-3H,4H2. The molecule has 1 aromatic rings. The van der Waals surface area contributed by atoms with Crippen LogP contribution in [0.1, 0.15) is 10.4 Å². The van der Waals surface area contributed by atoms with Gasteiger partial charge < -0.3 is 0 Å². The van der Waals surface area contributed by atoms with Crippen LogP contribution in [0.2, 0.25) is 0 Å². The third-order valence-electron chi connectivity index (χ3n) is 1.91. The number of hydrogen-bond donors (Lipinski definition) is 0. The van der Waals surface area contributed by atoms with Crippen LogP contribution in [0.15, 0.2) is 27.6 Å². The number of ketones is 1. The Bertz CT molecular complexity index is 490. The zero-order valence-corrected chi connectivity index (χ0v) is 8.85. The lowest BCUT2D eigenvalue weighted by Crippen LogP contribution is -2.03. The maximum Gasteiger partial charge on any atom is 0.186 e. The Morgan fingerprint density at radius 3 is 2.62 bits per heavy atom. The van der Waals surface area contributed by atoms with Crippen LogP contribution in [-0.2, 0) is 9.84 Å². The third-order valence-corrected chi connectivity index (χ3v) is 4.22. The minimum Gasteiger partial charge on any atom is -0.293 e. The molecule has 1 aromatic carbocycles. The zero-order chi connectivity index (χ0) is 9.64. The molecule has 2 rings (SSSR count). The molecular formula is C8H5BrO3S. The SMILES string of the molecule is O=C1CS(=O)(=O)c2cccc(Br)c21. The summed E-state index contributed by atoms with van der Waals surface area (Å²) in [5.74, 6) is -0.729. The van der Waals surface area contributed by atoms with E-state index in [1.807, 2.05) is 0 Å². The lowest BCUT2D eigenvalue weighted by atomic mass is 10.2. The van der Waals surface area contributed by atoms with Crippen molar-refractivity contribution in [1.29, 1.82) is 0 Å². The molecule has 1 aliphatic rings. The Morgan fingerprint density at radius 1 is 1.31 bits per heavy atom. The van der Waals surface area contributed by atoms with Crippen LogP contribution in [0.3, 0.4) is 0 Å². The Balaban J connectivity index is 2.87. The van der Waals surface area contributed by atoms with Crippen LogP contribution in [0.25, 0.3) is 0 Å². The van der Waals surface area contributed by atoms with Gasteiger partial charge in [-0.25, -0.2) is 8.42 Å². The van der Waals surface area contributed by atoms with Crippen molar-refractivity contribution in [2.24, 2.45) is 0 Å². The molecule has 1 heterocycles. The highest BCUT2D eigenvalue weighted by atomic mass is 79.9. The van der Waals surface area contributed by atoms with Crippen molar-refractivity contribution in [3.8, 4) is 0 Å². The molecule has 0 bridgehead atoms. The summed E-state index contributed by atoms with van der Waals surface area (Å²) in [5.41, 5.74) is 0.294. The predicted molar refractivity (Wildman–Crippen MR) is 50.5 cm³/mol. The largest absolute Gasteiger partial charge is 0.293 e. The number of sulfone groups is 1. The first-order chi connectivity index (χ1) is 6.02. The van der Waals surface area contributed by atoms with Crippen molar-refractivity contribution in [3.63, 3.8) is 0 Å². The van der Waals surface area contributed by atoms with Gasteiger partial charge in [-0.05, 0) is 12.1 Å². The van der Waals surface area contributed by atoms with Gasteiger partial charge in [0.05, 0.1) is 10.5 Å². The number of fused-ring (bicyclic) bond motifs is 1. The van der Waals surface area contributed by atoms with Crippen LogP contribution in [0, 0.1) is 0 Å². The molecule has 0 N–H and O–H groups in total. The molecule has 0 fully saturated rings. The van der Waals surface area contributed by atoms with Gasteiger partial charge in [-0.3, -0.25) is 4.79 Å². The molecule has 0 saturated carbocycles. The molecule has 0 atom stereocenters. The van der Waals surface area contributed by atoms with E-state index in [0.29, 0.717) is 10.0 Å². The Kier molecular flexibility index (Phi) is 1.82. The molecular weight excluding hydrogens is 256 g/mol. The average molecular weight is 261 g/mol. The van der Waals surface area contributed by atoms with E-state index >= 15 is 0 Å². The van der Waals surface area contributed by atoms with Gasteiger partial charge in [-0.2, -0.15) is 0 Å². The molecule has 3 nitrogen and oxygen atoms in total. The van der Waals surface area contributed by atoms with Crippen molar-refractivity contribution in [2.75, 3.05) is 5.75 Å². The highest BCUT2D eigenvalue weighted by Gasteiger charge is 2.34. The van der Waals surface area contributed by atoms with E-state index < -0.39 is 15.6 Å². The lowest BCUT2D eigenvalue weighted by molar-refractivity contribution is 0.102. The second kappa shape index (κ2) is 2.65. The summed E-state index contributed by atoms with van der Waals surface area (Å²) in [6.45, 7) is 0. The fourth-order valence-electron chi connectivity index (χ4n) is 1.36. The Hall–Kier alpha value is -0.680. The maximum absolute atomic E-state index is 11.4. The number of Topliss-reactive ketones (excluding diaryl/α,β-unsaturated/α-hetero) is 1. The molecule has 0 aliphatic carbocycles. The summed E-state index contributed by atoms with van der Waals surface area (Å²) in [4.78, 5) is 11.4. The molecule has 1 aliphatic heterocycles. The van der Waals surface area contributed by atoms with Gasteiger partial charge in [0.2, 0.25) is 0 Å². The van der Waals surface area contributed by atoms with Crippen molar-refractivity contribution in [3.05, 3.63) is 28.2 Å². The number of hydrogen-bond acceptors (Lipinski definition) is 3. The molecule has 0 saturated heterocycles. The molecule has 0 radical (unpaired) electrons. The van der Waals surface area contributed by atoms with E-state index in [4.69, 9.17) is 0 Å². The van der Waals surface area contributed by atoms with E-state index in [1.54, 1.807) is 12.1 Å². The number of halogens is 1. The van der Waals surface area contributed by atoms with Crippen LogP contribution < -0.4 is 0 Å². The third kappa shape index (κ3) is 1.23. The molecule has 0 spiro atoms. The van der Waals surface area contributed by atoms with Crippen molar-refractivity contribution >= 4 is 31.6 Å². The van der Waals surface area contributed by atoms with E-state index in [9.17, 15) is 13.2 Å². The fourth-order valence-corrected chi connectivity index (χ4v) is 3.54. The molecule has 0 amide bonds. The van der Waals surface area contributed by atoms with Gasteiger partial charge in [0, 0.05) is 4.47 Å². The fraction of sp³-hybridized carbons (Fsp3) is 0.125. The monoisotopic (exact) mass is 260 g/mol. The van der Waals surface area contributed by atoms with Crippen LogP contribution >= 0.6 is 15.9 Å². The average Bonchev–Trinajstić information content (AvgIpc) is 2.24. The number of carbonyl (C=O) groups excluding carboxylic acids is 1. The highest BCUT2D eigenvalue weighted by Crippen LogP contribution is 2.31. The summed E-state index contributed by atoms with van der Waals surface area (Å²) in [7, 11) is -3.36. The maximum atomic E-state index is 11.4. The first-order valence-electron chi connectivity index (χ1n) is 3.57. The van der Waals surface area contributed by atoms with E-state index in [0.717, 1.165) is 0 Å². The summed E-state index contributed by atoms with van der Waals surface area (Å²) >= 11 is 3.15. The van der Waals surface area contributed by atoms with Gasteiger partial charge >= 0.3 is 0 Å². The van der Waals surface area contributed by atoms with E-state index in [1.165, 1.54) is 6.07 Å². The van der Waals surface area contributed by atoms with Crippen LogP contribution in [0.5, 0.6) is 0 Å². The predicted octanol–water partition coefficient (Wildman–Crippen LogP) is 1.42. The summed E-state index contributed by atoms with van der Waals surface area (Å²) in [5, 5.41) is 0.